The zero-order chi connectivity index (χ0) is 98.6. The highest BCUT2D eigenvalue weighted by molar-refractivity contribution is 6.00. The van der Waals surface area contributed by atoms with E-state index >= 15 is 0 Å². The van der Waals surface area contributed by atoms with Crippen LogP contribution in [0.3, 0.4) is 0 Å². The van der Waals surface area contributed by atoms with Crippen LogP contribution in [-0.2, 0) is 112 Å². The van der Waals surface area contributed by atoms with Gasteiger partial charge in [-0.15, -0.1) is 10.2 Å². The van der Waals surface area contributed by atoms with Crippen LogP contribution in [0.15, 0.2) is 12.4 Å². The van der Waals surface area contributed by atoms with Crippen LogP contribution >= 0.6 is 0 Å². The number of rotatable bonds is 60. The Morgan fingerprint density at radius 1 is 0.321 bits per heavy atom. The molecule has 22 N–H and O–H groups in total. The molecule has 46 nitrogen and oxygen atoms in total. The van der Waals surface area contributed by atoms with E-state index in [0.717, 1.165) is 25.1 Å². The van der Waals surface area contributed by atoms with Crippen molar-refractivity contribution in [2.24, 2.45) is 0 Å². The van der Waals surface area contributed by atoms with E-state index in [1.54, 1.807) is 43.8 Å². The van der Waals surface area contributed by atoms with Crippen molar-refractivity contribution in [3.8, 4) is 0 Å². The number of unbranched alkanes of at least 4 members (excludes halogenated alkanes) is 8. The fourth-order valence-corrected chi connectivity index (χ4v) is 14.1. The molecule has 134 heavy (non-hydrogen) atoms. The number of carbonyl (C=O) groups is 16. The molecule has 2 aliphatic rings. The summed E-state index contributed by atoms with van der Waals surface area (Å²) in [7, 11) is 10.8. The lowest BCUT2D eigenvalue weighted by Gasteiger charge is -2.28. The van der Waals surface area contributed by atoms with Gasteiger partial charge in [-0.2, -0.15) is 0 Å². The zero-order valence-electron chi connectivity index (χ0n) is 81.0. The number of hydrogen-bond donors (Lipinski definition) is 22. The van der Waals surface area contributed by atoms with Gasteiger partial charge in [-0.05, 0) is 270 Å². The molecule has 4 rings (SSSR count). The van der Waals surface area contributed by atoms with E-state index in [0.29, 0.717) is 194 Å². The minimum Gasteiger partial charge on any atom is -0.377 e. The Bertz CT molecular complexity index is 3780. The standard InChI is InChI=1S/C51H92N18O10.C37H68N10O8/c1-7-55-32-38-34-68(66-64-38)26-28-78-30-31-79-29-27-69-35-39(65-67-69)33-57-45(71)21-20-44(70)56-25-15-11-19-43-51(77)62-41(17-9-13-23-53-5)49(75)59-36(2)46(72)60-40(16-8-12-22-52-4)48(74)58-37(3)47(73)61-42(50(76)63-43)18-10-14-24-54-6;1-25-32(50)44-27(15-6-10-20-38-3)34(52)42-26(2)33(51)45-29(17-8-12-22-40-5)36(54)47-30(18-9-13-23-41-31(49)19-14-24-48)37(55)46-28(35(53)43-25)16-7-11-21-39-4/h34-37,40-43,52-55H,7-33H2,1-6H3,(H,56,70)(H,57,71)(H,58,74)(H,59,75)(H,60,72)(H,61,73)(H,62,77)(H,63,76);24-30,38-40H,6-23H2,1-5H3,(H,41,49)(H,42,52)(H,43,53)(H,44,50)(H,45,51)(H,46,55)(H,47,54)/t36-,37-,40+,41+,42+,43-;25-,26-,27+,28+,29+,30-/m11/s1. The first-order valence-corrected chi connectivity index (χ1v) is 48.0. The highest BCUT2D eigenvalue weighted by Crippen LogP contribution is 2.15. The van der Waals surface area contributed by atoms with Crippen LogP contribution in [0.25, 0.3) is 0 Å². The number of ether oxygens (including phenoxy) is 2. The summed E-state index contributed by atoms with van der Waals surface area (Å²) in [4.78, 5) is 213. The van der Waals surface area contributed by atoms with Gasteiger partial charge < -0.3 is 131 Å². The van der Waals surface area contributed by atoms with Gasteiger partial charge in [0, 0.05) is 51.5 Å². The Morgan fingerprint density at radius 2 is 0.560 bits per heavy atom. The molecule has 15 amide bonds. The summed E-state index contributed by atoms with van der Waals surface area (Å²) in [6, 6.07) is -12.9. The molecule has 4 heterocycles. The molecule has 0 radical (unpaired) electrons. The fraction of sp³-hybridized carbons (Fsp3) is 0.773. The van der Waals surface area contributed by atoms with Crippen LogP contribution < -0.4 is 117 Å². The molecule has 12 atom stereocenters. The Kier molecular flexibility index (Phi) is 63.4. The summed E-state index contributed by atoms with van der Waals surface area (Å²) in [5.74, 6) is -8.30. The molecule has 2 fully saturated rings. The third-order valence-corrected chi connectivity index (χ3v) is 22.1. The molecular weight excluding hydrogens is 1740 g/mol. The van der Waals surface area contributed by atoms with Crippen LogP contribution in [0.4, 0.5) is 0 Å². The van der Waals surface area contributed by atoms with Crippen LogP contribution in [0, 0.1) is 0 Å². The molecule has 0 aromatic carbocycles. The van der Waals surface area contributed by atoms with Gasteiger partial charge in [-0.3, -0.25) is 71.9 Å². The average Bonchev–Trinajstić information content (AvgIpc) is 1.68. The maximum atomic E-state index is 14.2. The monoisotopic (exact) mass is 1900 g/mol. The van der Waals surface area contributed by atoms with Gasteiger partial charge in [0.2, 0.25) is 88.6 Å². The van der Waals surface area contributed by atoms with Crippen molar-refractivity contribution in [2.45, 2.75) is 313 Å². The number of hydrogen-bond acceptors (Lipinski definition) is 29. The second-order valence-corrected chi connectivity index (χ2v) is 33.6. The van der Waals surface area contributed by atoms with Crippen molar-refractivity contribution in [2.75, 3.05) is 128 Å². The predicted molar refractivity (Wildman–Crippen MR) is 502 cm³/mol. The summed E-state index contributed by atoms with van der Waals surface area (Å²) < 4.78 is 14.6. The van der Waals surface area contributed by atoms with E-state index in [-0.39, 0.29) is 108 Å². The molecule has 2 aromatic heterocycles. The number of aldehydes is 1. The maximum Gasteiger partial charge on any atom is 0.243 e. The minimum absolute atomic E-state index is 0.0663. The Balaban J connectivity index is 0.000000737. The molecule has 2 aliphatic heterocycles. The number of aromatic nitrogens is 6. The molecule has 0 aliphatic carbocycles. The first kappa shape index (κ1) is 118. The Labute approximate surface area is 789 Å². The molecule has 0 unspecified atom stereocenters. The molecular formula is C88H160N28O18. The predicted octanol–water partition coefficient (Wildman–Crippen LogP) is -4.09. The van der Waals surface area contributed by atoms with Gasteiger partial charge in [0.1, 0.15) is 84.5 Å². The minimum atomic E-state index is -1.16. The zero-order valence-corrected chi connectivity index (χ0v) is 81.0. The molecule has 2 aromatic rings. The van der Waals surface area contributed by atoms with E-state index in [4.69, 9.17) is 9.47 Å². The third-order valence-electron chi connectivity index (χ3n) is 22.1. The average molecular weight is 1900 g/mol. The maximum absolute atomic E-state index is 14.2. The fourth-order valence-electron chi connectivity index (χ4n) is 14.1. The van der Waals surface area contributed by atoms with Gasteiger partial charge in [0.25, 0.3) is 0 Å². The van der Waals surface area contributed by atoms with Gasteiger partial charge in [0.15, 0.2) is 0 Å². The summed E-state index contributed by atoms with van der Waals surface area (Å²) in [6.45, 7) is 16.9. The molecule has 0 spiro atoms. The molecule has 46 heteroatoms. The van der Waals surface area contributed by atoms with Gasteiger partial charge >= 0.3 is 0 Å². The van der Waals surface area contributed by atoms with Crippen LogP contribution in [0.1, 0.15) is 226 Å². The van der Waals surface area contributed by atoms with E-state index in [2.05, 4.69) is 138 Å². The lowest BCUT2D eigenvalue weighted by atomic mass is 10.0. The van der Waals surface area contributed by atoms with E-state index < -0.39 is 143 Å². The smallest absolute Gasteiger partial charge is 0.243 e. The van der Waals surface area contributed by atoms with E-state index in [1.807, 2.05) is 27.2 Å². The van der Waals surface area contributed by atoms with Crippen molar-refractivity contribution in [1.29, 1.82) is 0 Å². The largest absolute Gasteiger partial charge is 0.377 e. The second-order valence-electron chi connectivity index (χ2n) is 33.6. The number of nitrogens with zero attached hydrogens (tertiary/aromatic N) is 6. The Morgan fingerprint density at radius 3 is 0.821 bits per heavy atom. The van der Waals surface area contributed by atoms with E-state index in [9.17, 15) is 76.7 Å². The first-order valence-electron chi connectivity index (χ1n) is 48.0. The summed E-state index contributed by atoms with van der Waals surface area (Å²) in [5, 5.41) is 79.1. The topological polar surface area (TPSA) is 618 Å². The third kappa shape index (κ3) is 51.9. The highest BCUT2D eigenvalue weighted by Gasteiger charge is 2.37. The van der Waals surface area contributed by atoms with Gasteiger partial charge in [-0.1, -0.05) is 17.4 Å². The van der Waals surface area contributed by atoms with E-state index in [1.165, 1.54) is 27.7 Å². The van der Waals surface area contributed by atoms with Crippen molar-refractivity contribution in [3.63, 3.8) is 0 Å². The van der Waals surface area contributed by atoms with Crippen molar-refractivity contribution in [1.82, 2.24) is 147 Å². The van der Waals surface area contributed by atoms with Crippen molar-refractivity contribution >= 4 is 94.9 Å². The lowest BCUT2D eigenvalue weighted by Crippen LogP contribution is -2.60. The van der Waals surface area contributed by atoms with Gasteiger partial charge in [-0.25, -0.2) is 9.36 Å². The normalized spacial score (nSPS) is 21.2. The van der Waals surface area contributed by atoms with Crippen molar-refractivity contribution in [3.05, 3.63) is 23.8 Å². The van der Waals surface area contributed by atoms with Crippen molar-refractivity contribution < 1.29 is 86.2 Å². The lowest BCUT2D eigenvalue weighted by molar-refractivity contribution is -0.136. The summed E-state index contributed by atoms with van der Waals surface area (Å²) >= 11 is 0. The molecule has 0 saturated carbocycles. The molecule has 0 bridgehead atoms. The quantitative estimate of drug-likeness (QED) is 0.0221. The number of amides is 15. The van der Waals surface area contributed by atoms with Gasteiger partial charge in [0.05, 0.1) is 58.0 Å². The van der Waals surface area contributed by atoms with Crippen LogP contribution in [0.2, 0.25) is 0 Å². The molecule has 760 valence electrons. The SMILES string of the molecule is CCNCc1cn(CCOCCOCCn2cc(CNC(=O)CCC(=O)NCCCC[C@H]3NC(=O)[C@H](CCCCNC)NC(=O)[C@@H](C)NC(=O)[C@H](CCCCNC)NC(=O)[C@@H](C)NC(=O)[C@H](CCCCNC)NC3=O)nn2)nn1.CNCCCC[C@@H]1NC(=O)[C@@H](C)NC(=O)[C@H](CCCCNC)NC(=O)[C@@H](CCCCNC(=O)CCC=O)NC(=O)[C@H](CCCCNC)NC(=O)[C@@H](C)NC1=O. The number of carbonyl (C=O) groups excluding carboxylic acids is 16. The summed E-state index contributed by atoms with van der Waals surface area (Å²) in [6.07, 6.45) is 15.3. The van der Waals surface area contributed by atoms with Crippen LogP contribution in [0.5, 0.6) is 0 Å². The summed E-state index contributed by atoms with van der Waals surface area (Å²) in [5.41, 5.74) is 1.42. The first-order chi connectivity index (χ1) is 64.5. The number of nitrogens with one attached hydrogen (secondary N) is 22. The second kappa shape index (κ2) is 72.1. The molecule has 2 saturated heterocycles. The highest BCUT2D eigenvalue weighted by atomic mass is 16.5. The van der Waals surface area contributed by atoms with Crippen LogP contribution in [-0.4, -0.2) is 325 Å². The Hall–Kier alpha value is -10.4.